The summed E-state index contributed by atoms with van der Waals surface area (Å²) < 4.78 is 0. The molecule has 0 N–H and O–H groups in total. The highest BCUT2D eigenvalue weighted by atomic mass is 35.6. The fourth-order valence-corrected chi connectivity index (χ4v) is 2.36. The fourth-order valence-electron chi connectivity index (χ4n) is 0.715. The standard InChI is InChI=1S/C7H9ClSi/c1-6-4-3-5-9(8)7(6)2/h3-5H,1-2H3. The maximum atomic E-state index is 6.00. The number of aryl methyl sites for hydroxylation is 1. The molecule has 0 saturated heterocycles. The van der Waals surface area contributed by atoms with Gasteiger partial charge in [-0.2, -0.15) is 0 Å². The number of hydrogen-bond acceptors (Lipinski definition) is 0. The largest absolute Gasteiger partial charge is 0.154 e. The van der Waals surface area contributed by atoms with Crippen molar-refractivity contribution in [1.29, 1.82) is 0 Å². The third-order valence-electron chi connectivity index (χ3n) is 1.54. The summed E-state index contributed by atoms with van der Waals surface area (Å²) in [6.07, 6.45) is 0. The predicted molar refractivity (Wildman–Crippen MR) is 43.1 cm³/mol. The van der Waals surface area contributed by atoms with Crippen LogP contribution in [-0.2, 0) is 0 Å². The van der Waals surface area contributed by atoms with Gasteiger partial charge in [0.2, 0.25) is 0 Å². The molecule has 0 fully saturated rings. The van der Waals surface area contributed by atoms with Crippen molar-refractivity contribution in [3.63, 3.8) is 0 Å². The van der Waals surface area contributed by atoms with Crippen LogP contribution in [0.1, 0.15) is 10.7 Å². The summed E-state index contributed by atoms with van der Waals surface area (Å²) in [7, 11) is -0.779. The smallest absolute Gasteiger partial charge is 0.133 e. The Labute approximate surface area is 61.7 Å². The van der Waals surface area contributed by atoms with Gasteiger partial charge in [-0.1, -0.05) is 23.4 Å². The average molecular weight is 157 g/mol. The highest BCUT2D eigenvalue weighted by molar-refractivity contribution is 7.02. The molecule has 1 aromatic heterocycles. The molecule has 0 spiro atoms. The average Bonchev–Trinajstić information content (AvgIpc) is 1.83. The van der Waals surface area contributed by atoms with E-state index in [0.29, 0.717) is 0 Å². The molecule has 1 aromatic rings. The quantitative estimate of drug-likeness (QED) is 0.400. The first-order chi connectivity index (χ1) is 4.22. The van der Waals surface area contributed by atoms with Gasteiger partial charge in [-0.25, -0.2) is 0 Å². The van der Waals surface area contributed by atoms with Crippen molar-refractivity contribution in [3.8, 4) is 0 Å². The molecule has 0 amide bonds. The molecule has 0 aliphatic rings. The van der Waals surface area contributed by atoms with Crippen LogP contribution in [0.3, 0.4) is 0 Å². The van der Waals surface area contributed by atoms with E-state index in [1.54, 1.807) is 0 Å². The van der Waals surface area contributed by atoms with Crippen molar-refractivity contribution in [2.24, 2.45) is 0 Å². The van der Waals surface area contributed by atoms with Crippen LogP contribution in [0.25, 0.3) is 0 Å². The molecule has 0 aromatic carbocycles. The summed E-state index contributed by atoms with van der Waals surface area (Å²) in [4.78, 5) is 0. The topological polar surface area (TPSA) is 0 Å². The van der Waals surface area contributed by atoms with E-state index in [1.807, 2.05) is 6.07 Å². The van der Waals surface area contributed by atoms with Gasteiger partial charge in [-0.05, 0) is 19.0 Å². The minimum Gasteiger partial charge on any atom is -0.133 e. The second kappa shape index (κ2) is 2.63. The molecule has 2 heteroatoms. The van der Waals surface area contributed by atoms with Crippen LogP contribution >= 0.6 is 11.1 Å². The van der Waals surface area contributed by atoms with E-state index in [-0.39, 0.29) is 0 Å². The molecule has 0 bridgehead atoms. The Bertz CT molecular complexity index is 200. The van der Waals surface area contributed by atoms with E-state index in [9.17, 15) is 0 Å². The Hall–Kier alpha value is -0.143. The molecular weight excluding hydrogens is 148 g/mol. The molecule has 0 saturated carbocycles. The van der Waals surface area contributed by atoms with Crippen LogP contribution in [0.5, 0.6) is 0 Å². The normalized spacial score (nSPS) is 9.67. The zero-order chi connectivity index (χ0) is 6.85. The highest BCUT2D eigenvalue weighted by Gasteiger charge is 1.95. The minimum absolute atomic E-state index is 0.779. The van der Waals surface area contributed by atoms with Crippen LogP contribution in [0, 0.1) is 13.8 Å². The van der Waals surface area contributed by atoms with E-state index in [2.05, 4.69) is 25.6 Å². The van der Waals surface area contributed by atoms with Crippen LogP contribution in [0.15, 0.2) is 17.8 Å². The fraction of sp³-hybridized carbons (Fsp3) is 0.286. The van der Waals surface area contributed by atoms with E-state index in [0.717, 1.165) is 0 Å². The first kappa shape index (κ1) is 6.97. The Kier molecular flexibility index (Phi) is 2.03. The summed E-state index contributed by atoms with van der Waals surface area (Å²) in [6, 6.07) is 4.15. The second-order valence-electron chi connectivity index (χ2n) is 2.18. The molecule has 0 nitrogen and oxygen atoms in total. The maximum Gasteiger partial charge on any atom is 0.154 e. The van der Waals surface area contributed by atoms with Crippen LogP contribution in [0.2, 0.25) is 0 Å². The molecule has 0 aliphatic heterocycles. The molecule has 0 aliphatic carbocycles. The SMILES string of the molecule is Cc1ccc[si](Cl)c1C. The van der Waals surface area contributed by atoms with Crippen LogP contribution in [0.4, 0.5) is 0 Å². The molecule has 0 unspecified atom stereocenters. The Balaban J connectivity index is 3.25. The Morgan fingerprint density at radius 2 is 2.11 bits per heavy atom. The number of hydrogen-bond donors (Lipinski definition) is 0. The number of halogens is 1. The van der Waals surface area contributed by atoms with Crippen molar-refractivity contribution in [2.45, 2.75) is 13.8 Å². The summed E-state index contributed by atoms with van der Waals surface area (Å²) >= 11 is 6.00. The Morgan fingerprint density at radius 3 is 2.56 bits per heavy atom. The molecule has 1 rings (SSSR count). The van der Waals surface area contributed by atoms with Gasteiger partial charge in [-0.15, -0.1) is 11.1 Å². The van der Waals surface area contributed by atoms with Crippen molar-refractivity contribution in [2.75, 3.05) is 0 Å². The van der Waals surface area contributed by atoms with Crippen molar-refractivity contribution >= 4 is 18.8 Å². The van der Waals surface area contributed by atoms with Gasteiger partial charge in [0.05, 0.1) is 0 Å². The zero-order valence-corrected chi connectivity index (χ0v) is 7.37. The first-order valence-corrected chi connectivity index (χ1v) is 5.52. The van der Waals surface area contributed by atoms with Gasteiger partial charge in [0.1, 0.15) is 0 Å². The first-order valence-electron chi connectivity index (χ1n) is 2.93. The van der Waals surface area contributed by atoms with Gasteiger partial charge in [0, 0.05) is 0 Å². The second-order valence-corrected chi connectivity index (χ2v) is 5.18. The van der Waals surface area contributed by atoms with E-state index < -0.39 is 7.71 Å². The van der Waals surface area contributed by atoms with Crippen LogP contribution in [-0.4, -0.2) is 7.71 Å². The molecule has 9 heavy (non-hydrogen) atoms. The van der Waals surface area contributed by atoms with Gasteiger partial charge >= 0.3 is 0 Å². The van der Waals surface area contributed by atoms with E-state index in [4.69, 9.17) is 11.1 Å². The summed E-state index contributed by atoms with van der Waals surface area (Å²) in [6.45, 7) is 4.21. The van der Waals surface area contributed by atoms with Gasteiger partial charge in [-0.3, -0.25) is 0 Å². The van der Waals surface area contributed by atoms with Gasteiger partial charge < -0.3 is 0 Å². The molecular formula is C7H9ClSi. The summed E-state index contributed by atoms with van der Waals surface area (Å²) in [5.41, 5.74) is 3.43. The molecule has 48 valence electrons. The molecule has 0 radical (unpaired) electrons. The van der Waals surface area contributed by atoms with E-state index in [1.165, 1.54) is 10.7 Å². The monoisotopic (exact) mass is 156 g/mol. The lowest BCUT2D eigenvalue weighted by Gasteiger charge is -1.98. The number of rotatable bonds is 0. The predicted octanol–water partition coefficient (Wildman–Crippen LogP) is 2.33. The summed E-state index contributed by atoms with van der Waals surface area (Å²) in [5, 5.41) is 1.36. The lowest BCUT2D eigenvalue weighted by atomic mass is 10.3. The summed E-state index contributed by atoms with van der Waals surface area (Å²) in [5.74, 6) is 0. The molecule has 1 heterocycles. The lowest BCUT2D eigenvalue weighted by molar-refractivity contribution is 1.41. The third-order valence-corrected chi connectivity index (χ3v) is 4.36. The highest BCUT2D eigenvalue weighted by Crippen LogP contribution is 2.05. The zero-order valence-electron chi connectivity index (χ0n) is 5.61. The van der Waals surface area contributed by atoms with Crippen LogP contribution < -0.4 is 0 Å². The minimum atomic E-state index is -0.779. The molecule has 0 atom stereocenters. The van der Waals surface area contributed by atoms with Crippen molar-refractivity contribution in [1.82, 2.24) is 0 Å². The van der Waals surface area contributed by atoms with Crippen molar-refractivity contribution in [3.05, 3.63) is 28.5 Å². The maximum absolute atomic E-state index is 6.00. The third kappa shape index (κ3) is 1.40. The lowest BCUT2D eigenvalue weighted by Crippen LogP contribution is -1.92. The van der Waals surface area contributed by atoms with Gasteiger partial charge in [0.25, 0.3) is 0 Å². The van der Waals surface area contributed by atoms with Gasteiger partial charge in [0.15, 0.2) is 7.71 Å². The Morgan fingerprint density at radius 1 is 1.44 bits per heavy atom. The van der Waals surface area contributed by atoms with Crippen molar-refractivity contribution < 1.29 is 0 Å². The van der Waals surface area contributed by atoms with E-state index >= 15 is 0 Å².